The van der Waals surface area contributed by atoms with Crippen molar-refractivity contribution in [2.75, 3.05) is 0 Å². The van der Waals surface area contributed by atoms with E-state index in [-0.39, 0.29) is 0 Å². The number of aromatic nitrogens is 4. The van der Waals surface area contributed by atoms with Crippen LogP contribution in [0.2, 0.25) is 0 Å². The number of benzene rings is 2. The van der Waals surface area contributed by atoms with Crippen LogP contribution in [0.1, 0.15) is 62.0 Å². The fraction of sp³-hybridized carbons (Fsp3) is 0.211. The molecule has 43 heavy (non-hydrogen) atoms. The Balaban J connectivity index is 1.34. The van der Waals surface area contributed by atoms with Crippen LogP contribution in [0.15, 0.2) is 109 Å². The van der Waals surface area contributed by atoms with E-state index in [1.165, 1.54) is 22.5 Å². The molecule has 0 unspecified atom stereocenters. The highest BCUT2D eigenvalue weighted by Crippen LogP contribution is 2.33. The van der Waals surface area contributed by atoms with Crippen LogP contribution < -0.4 is 4.74 Å². The molecular formula is C38H38N4O. The Labute approximate surface area is 254 Å². The third-order valence-corrected chi connectivity index (χ3v) is 7.93. The molecule has 0 saturated carbocycles. The molecule has 0 aliphatic carbocycles. The monoisotopic (exact) mass is 566 g/mol. The Morgan fingerprint density at radius 2 is 0.907 bits per heavy atom. The second kappa shape index (κ2) is 11.8. The van der Waals surface area contributed by atoms with Crippen molar-refractivity contribution in [3.05, 3.63) is 132 Å². The minimum atomic E-state index is 0.399. The molecule has 5 heteroatoms. The molecule has 0 spiro atoms. The lowest BCUT2D eigenvalue weighted by molar-refractivity contribution is 0.446. The van der Waals surface area contributed by atoms with Crippen LogP contribution in [0.4, 0.5) is 0 Å². The van der Waals surface area contributed by atoms with Gasteiger partial charge >= 0.3 is 0 Å². The van der Waals surface area contributed by atoms with Gasteiger partial charge in [0.1, 0.15) is 0 Å². The van der Waals surface area contributed by atoms with Gasteiger partial charge in [0.25, 0.3) is 0 Å². The van der Waals surface area contributed by atoms with Gasteiger partial charge in [-0.15, -0.1) is 0 Å². The molecule has 0 aliphatic heterocycles. The van der Waals surface area contributed by atoms with Gasteiger partial charge in [0.05, 0.1) is 22.8 Å². The lowest BCUT2D eigenvalue weighted by atomic mass is 10.0. The first kappa shape index (κ1) is 28.2. The Morgan fingerprint density at radius 3 is 1.33 bits per heavy atom. The van der Waals surface area contributed by atoms with E-state index in [0.717, 1.165) is 34.2 Å². The predicted octanol–water partition coefficient (Wildman–Crippen LogP) is 10.0. The number of ether oxygens (including phenoxy) is 1. The highest BCUT2D eigenvalue weighted by molar-refractivity contribution is 5.64. The predicted molar refractivity (Wildman–Crippen MR) is 176 cm³/mol. The topological polar surface area (TPSA) is 44.9 Å². The van der Waals surface area contributed by atoms with Crippen molar-refractivity contribution in [2.45, 2.75) is 53.4 Å². The maximum absolute atomic E-state index is 6.29. The fourth-order valence-corrected chi connectivity index (χ4v) is 5.81. The number of hydrogen-bond donors (Lipinski definition) is 0. The zero-order valence-corrected chi connectivity index (χ0v) is 25.7. The van der Waals surface area contributed by atoms with E-state index in [9.17, 15) is 0 Å². The largest absolute Gasteiger partial charge is 0.421 e. The normalized spacial score (nSPS) is 11.4. The van der Waals surface area contributed by atoms with Crippen LogP contribution in [0.3, 0.4) is 0 Å². The Morgan fingerprint density at radius 1 is 0.488 bits per heavy atom. The molecule has 0 fully saturated rings. The van der Waals surface area contributed by atoms with Crippen LogP contribution in [-0.4, -0.2) is 19.1 Å². The van der Waals surface area contributed by atoms with Crippen molar-refractivity contribution in [1.82, 2.24) is 19.1 Å². The summed E-state index contributed by atoms with van der Waals surface area (Å²) >= 11 is 0. The lowest BCUT2D eigenvalue weighted by Crippen LogP contribution is -2.05. The van der Waals surface area contributed by atoms with Gasteiger partial charge in [-0.2, -0.15) is 0 Å². The second-order valence-electron chi connectivity index (χ2n) is 11.6. The molecule has 6 aromatic rings. The SMILES string of the molecule is Cc1ccc(-c2cccc(Oc3cccc(-c4ccc(C)n4-c4ccccc4C(C)C)n3)n2)n1-c1ccccc1C(C)C. The number of pyridine rings is 2. The Bertz CT molecular complexity index is 1750. The van der Waals surface area contributed by atoms with E-state index in [2.05, 4.69) is 123 Å². The van der Waals surface area contributed by atoms with E-state index >= 15 is 0 Å². The zero-order valence-electron chi connectivity index (χ0n) is 25.7. The molecular weight excluding hydrogens is 528 g/mol. The summed E-state index contributed by atoms with van der Waals surface area (Å²) < 4.78 is 10.9. The molecule has 0 radical (unpaired) electrons. The van der Waals surface area contributed by atoms with Gasteiger partial charge < -0.3 is 13.9 Å². The molecule has 6 rings (SSSR count). The number of para-hydroxylation sites is 2. The zero-order chi connectivity index (χ0) is 30.1. The molecule has 5 nitrogen and oxygen atoms in total. The van der Waals surface area contributed by atoms with Crippen LogP contribution in [0.5, 0.6) is 11.8 Å². The third-order valence-electron chi connectivity index (χ3n) is 7.93. The van der Waals surface area contributed by atoms with Gasteiger partial charge in [0.2, 0.25) is 11.8 Å². The standard InChI is InChI=1S/C38H38N4O/c1-25(2)29-13-7-9-17-33(29)41-27(5)21-23-35(41)31-15-11-19-37(39-31)43-38-20-12-16-32(40-38)36-24-22-28(6)42(36)34-18-10-8-14-30(34)26(3)4/h7-26H,1-6H3. The average molecular weight is 567 g/mol. The second-order valence-corrected chi connectivity index (χ2v) is 11.6. The minimum absolute atomic E-state index is 0.399. The van der Waals surface area contributed by atoms with Crippen molar-refractivity contribution in [3.8, 4) is 45.9 Å². The number of aryl methyl sites for hydroxylation is 2. The number of rotatable bonds is 8. The highest BCUT2D eigenvalue weighted by Gasteiger charge is 2.18. The van der Waals surface area contributed by atoms with Crippen LogP contribution in [0, 0.1) is 13.8 Å². The molecule has 0 N–H and O–H groups in total. The van der Waals surface area contributed by atoms with Gasteiger partial charge in [0.15, 0.2) is 0 Å². The molecule has 4 aromatic heterocycles. The van der Waals surface area contributed by atoms with Gasteiger partial charge in [-0.1, -0.05) is 76.2 Å². The van der Waals surface area contributed by atoms with E-state index < -0.39 is 0 Å². The molecule has 216 valence electrons. The number of nitrogens with zero attached hydrogens (tertiary/aromatic N) is 4. The Hall–Kier alpha value is -4.90. The maximum atomic E-state index is 6.29. The first-order valence-corrected chi connectivity index (χ1v) is 15.0. The fourth-order valence-electron chi connectivity index (χ4n) is 5.81. The molecule has 0 atom stereocenters. The molecule has 0 amide bonds. The van der Waals surface area contributed by atoms with E-state index in [1.54, 1.807) is 0 Å². The van der Waals surface area contributed by atoms with Gasteiger partial charge in [0, 0.05) is 34.9 Å². The van der Waals surface area contributed by atoms with Gasteiger partial charge in [-0.3, -0.25) is 0 Å². The van der Waals surface area contributed by atoms with E-state index in [0.29, 0.717) is 23.6 Å². The number of hydrogen-bond acceptors (Lipinski definition) is 3. The molecule has 4 heterocycles. The molecule has 0 aliphatic rings. The molecule has 0 bridgehead atoms. The highest BCUT2D eigenvalue weighted by atomic mass is 16.5. The minimum Gasteiger partial charge on any atom is -0.421 e. The first-order chi connectivity index (χ1) is 20.8. The summed E-state index contributed by atoms with van der Waals surface area (Å²) in [5.41, 5.74) is 11.0. The summed E-state index contributed by atoms with van der Waals surface area (Å²) in [5, 5.41) is 0. The smallest absolute Gasteiger partial charge is 0.221 e. The van der Waals surface area contributed by atoms with Crippen molar-refractivity contribution in [3.63, 3.8) is 0 Å². The molecule has 0 saturated heterocycles. The van der Waals surface area contributed by atoms with Gasteiger partial charge in [-0.25, -0.2) is 9.97 Å². The van der Waals surface area contributed by atoms with Crippen molar-refractivity contribution >= 4 is 0 Å². The summed E-state index contributed by atoms with van der Waals surface area (Å²) in [6, 6.07) is 37.5. The average Bonchev–Trinajstić information content (AvgIpc) is 3.59. The third kappa shape index (κ3) is 5.51. The lowest BCUT2D eigenvalue weighted by Gasteiger charge is -2.18. The summed E-state index contributed by atoms with van der Waals surface area (Å²) in [4.78, 5) is 9.85. The van der Waals surface area contributed by atoms with E-state index in [1.807, 2.05) is 36.4 Å². The van der Waals surface area contributed by atoms with Crippen LogP contribution >= 0.6 is 0 Å². The summed E-state index contributed by atoms with van der Waals surface area (Å²) in [7, 11) is 0. The summed E-state index contributed by atoms with van der Waals surface area (Å²) in [5.74, 6) is 1.80. The Kier molecular flexibility index (Phi) is 7.73. The van der Waals surface area contributed by atoms with E-state index in [4.69, 9.17) is 14.7 Å². The van der Waals surface area contributed by atoms with Crippen LogP contribution in [0.25, 0.3) is 34.2 Å². The first-order valence-electron chi connectivity index (χ1n) is 15.0. The van der Waals surface area contributed by atoms with Crippen LogP contribution in [-0.2, 0) is 0 Å². The summed E-state index contributed by atoms with van der Waals surface area (Å²) in [6.45, 7) is 13.2. The quantitative estimate of drug-likeness (QED) is 0.184. The van der Waals surface area contributed by atoms with Gasteiger partial charge in [-0.05, 0) is 85.3 Å². The van der Waals surface area contributed by atoms with Crippen molar-refractivity contribution < 1.29 is 4.74 Å². The summed E-state index contributed by atoms with van der Waals surface area (Å²) in [6.07, 6.45) is 0. The van der Waals surface area contributed by atoms with Crippen molar-refractivity contribution in [2.24, 2.45) is 0 Å². The van der Waals surface area contributed by atoms with Crippen molar-refractivity contribution in [1.29, 1.82) is 0 Å². The maximum Gasteiger partial charge on any atom is 0.221 e. The molecule has 2 aromatic carbocycles.